The molecular weight excluding hydrogens is 393 g/mol. The van der Waals surface area contributed by atoms with Crippen molar-refractivity contribution in [3.8, 4) is 0 Å². The lowest BCUT2D eigenvalue weighted by molar-refractivity contribution is 0.603. The fourth-order valence-corrected chi connectivity index (χ4v) is 5.28. The number of sulfonamides is 1. The maximum Gasteiger partial charge on any atom is 0.272 e. The summed E-state index contributed by atoms with van der Waals surface area (Å²) >= 11 is 16.3. The van der Waals surface area contributed by atoms with Crippen LogP contribution in [0.15, 0.2) is 32.3 Å². The van der Waals surface area contributed by atoms with Crippen LogP contribution in [0, 0.1) is 6.92 Å². The molecule has 19 heavy (non-hydrogen) atoms. The van der Waals surface area contributed by atoms with Gasteiger partial charge in [0.25, 0.3) is 10.0 Å². The molecule has 0 saturated carbocycles. The molecule has 2 aromatic rings. The van der Waals surface area contributed by atoms with Crippen LogP contribution in [0.4, 0.5) is 5.69 Å². The quantitative estimate of drug-likeness (QED) is 0.793. The predicted octanol–water partition coefficient (Wildman–Crippen LogP) is 4.93. The summed E-state index contributed by atoms with van der Waals surface area (Å²) in [7, 11) is -3.67. The summed E-state index contributed by atoms with van der Waals surface area (Å²) in [6, 6.07) is 4.78. The first-order valence-corrected chi connectivity index (χ1v) is 8.94. The van der Waals surface area contributed by atoms with Crippen LogP contribution in [0.5, 0.6) is 0 Å². The molecule has 8 heteroatoms. The molecule has 2 rings (SSSR count). The lowest BCUT2D eigenvalue weighted by Crippen LogP contribution is -2.12. The zero-order chi connectivity index (χ0) is 14.2. The summed E-state index contributed by atoms with van der Waals surface area (Å²) in [5.74, 6) is 0. The molecule has 1 aromatic heterocycles. The minimum Gasteiger partial charge on any atom is -0.277 e. The molecule has 0 amide bonds. The van der Waals surface area contributed by atoms with Crippen molar-refractivity contribution in [1.82, 2.24) is 0 Å². The van der Waals surface area contributed by atoms with E-state index in [9.17, 15) is 8.42 Å². The molecule has 0 atom stereocenters. The van der Waals surface area contributed by atoms with Crippen LogP contribution in [0.1, 0.15) is 5.56 Å². The van der Waals surface area contributed by atoms with Crippen LogP contribution in [-0.4, -0.2) is 8.42 Å². The highest BCUT2D eigenvalue weighted by Gasteiger charge is 2.20. The number of halogens is 3. The monoisotopic (exact) mass is 399 g/mol. The molecule has 0 aliphatic heterocycles. The first-order valence-electron chi connectivity index (χ1n) is 5.03. The number of nitrogens with one attached hydrogen (secondary N) is 1. The van der Waals surface area contributed by atoms with E-state index in [0.717, 1.165) is 16.9 Å². The molecule has 1 N–H and O–H groups in total. The summed E-state index contributed by atoms with van der Waals surface area (Å²) < 4.78 is 27.5. The first-order chi connectivity index (χ1) is 8.81. The average molecular weight is 401 g/mol. The van der Waals surface area contributed by atoms with E-state index in [2.05, 4.69) is 20.7 Å². The van der Waals surface area contributed by atoms with E-state index in [-0.39, 0.29) is 9.90 Å². The summed E-state index contributed by atoms with van der Waals surface area (Å²) in [4.78, 5) is 0. The molecule has 1 heterocycles. The Kier molecular flexibility index (Phi) is 4.47. The number of rotatable bonds is 3. The van der Waals surface area contributed by atoms with Gasteiger partial charge in [-0.2, -0.15) is 0 Å². The van der Waals surface area contributed by atoms with E-state index in [1.54, 1.807) is 24.4 Å². The van der Waals surface area contributed by atoms with Crippen LogP contribution in [0.2, 0.25) is 10.0 Å². The van der Waals surface area contributed by atoms with Crippen molar-refractivity contribution in [2.24, 2.45) is 0 Å². The number of hydrogen-bond donors (Lipinski definition) is 1. The van der Waals surface area contributed by atoms with Gasteiger partial charge in [0.2, 0.25) is 0 Å². The molecule has 0 saturated heterocycles. The van der Waals surface area contributed by atoms with Crippen LogP contribution in [0.3, 0.4) is 0 Å². The van der Waals surface area contributed by atoms with Crippen molar-refractivity contribution in [1.29, 1.82) is 0 Å². The van der Waals surface area contributed by atoms with E-state index in [1.165, 1.54) is 6.07 Å². The third-order valence-corrected chi connectivity index (χ3v) is 7.08. The Balaban J connectivity index is 2.42. The molecular formula is C11H8BrCl2NO2S2. The summed E-state index contributed by atoms with van der Waals surface area (Å²) in [6.07, 6.45) is 0. The maximum absolute atomic E-state index is 12.2. The van der Waals surface area contributed by atoms with Crippen molar-refractivity contribution in [3.63, 3.8) is 0 Å². The summed E-state index contributed by atoms with van der Waals surface area (Å²) in [5, 5.41) is 2.44. The van der Waals surface area contributed by atoms with Gasteiger partial charge in [-0.1, -0.05) is 23.2 Å². The Labute approximate surface area is 133 Å². The maximum atomic E-state index is 12.2. The van der Waals surface area contributed by atoms with E-state index < -0.39 is 10.0 Å². The van der Waals surface area contributed by atoms with Gasteiger partial charge >= 0.3 is 0 Å². The molecule has 0 spiro atoms. The highest BCUT2D eigenvalue weighted by Crippen LogP contribution is 2.33. The predicted molar refractivity (Wildman–Crippen MR) is 84.0 cm³/mol. The van der Waals surface area contributed by atoms with Crippen molar-refractivity contribution in [2.45, 2.75) is 11.1 Å². The summed E-state index contributed by atoms with van der Waals surface area (Å²) in [5.41, 5.74) is 1.05. The molecule has 102 valence electrons. The van der Waals surface area contributed by atoms with Crippen molar-refractivity contribution < 1.29 is 8.42 Å². The van der Waals surface area contributed by atoms with E-state index in [1.807, 2.05) is 0 Å². The first kappa shape index (κ1) is 15.1. The Bertz CT molecular complexity index is 728. The smallest absolute Gasteiger partial charge is 0.272 e. The lowest BCUT2D eigenvalue weighted by Gasteiger charge is -2.10. The second-order valence-electron chi connectivity index (χ2n) is 3.74. The highest BCUT2D eigenvalue weighted by atomic mass is 79.9. The number of hydrogen-bond acceptors (Lipinski definition) is 3. The molecule has 0 fully saturated rings. The van der Waals surface area contributed by atoms with Crippen LogP contribution < -0.4 is 4.72 Å². The van der Waals surface area contributed by atoms with Gasteiger partial charge in [-0.05, 0) is 52.0 Å². The van der Waals surface area contributed by atoms with Gasteiger partial charge in [0.15, 0.2) is 4.21 Å². The molecule has 3 nitrogen and oxygen atoms in total. The lowest BCUT2D eigenvalue weighted by atomic mass is 10.2. The van der Waals surface area contributed by atoms with Gasteiger partial charge in [-0.25, -0.2) is 8.42 Å². The Hall–Kier alpha value is -0.270. The van der Waals surface area contributed by atoms with Crippen molar-refractivity contribution in [3.05, 3.63) is 43.7 Å². The number of anilines is 1. The van der Waals surface area contributed by atoms with Gasteiger partial charge in [0.1, 0.15) is 0 Å². The minimum absolute atomic E-state index is 0.195. The average Bonchev–Trinajstić information content (AvgIpc) is 2.73. The van der Waals surface area contributed by atoms with Gasteiger partial charge in [-0.15, -0.1) is 11.3 Å². The topological polar surface area (TPSA) is 46.2 Å². The third-order valence-electron chi connectivity index (χ3n) is 2.32. The van der Waals surface area contributed by atoms with E-state index in [0.29, 0.717) is 14.5 Å². The van der Waals surface area contributed by atoms with Crippen molar-refractivity contribution in [2.75, 3.05) is 4.72 Å². The largest absolute Gasteiger partial charge is 0.277 e. The van der Waals surface area contributed by atoms with E-state index >= 15 is 0 Å². The SMILES string of the molecule is Cc1cc(Cl)c(NS(=O)(=O)c2sccc2Br)cc1Cl. The molecule has 0 aliphatic rings. The molecule has 1 aromatic carbocycles. The Morgan fingerprint density at radius 3 is 2.53 bits per heavy atom. The molecule has 0 radical (unpaired) electrons. The minimum atomic E-state index is -3.67. The number of benzene rings is 1. The number of thiophene rings is 1. The van der Waals surface area contributed by atoms with E-state index in [4.69, 9.17) is 23.2 Å². The van der Waals surface area contributed by atoms with Gasteiger partial charge in [0.05, 0.1) is 10.7 Å². The van der Waals surface area contributed by atoms with Crippen LogP contribution in [0.25, 0.3) is 0 Å². The van der Waals surface area contributed by atoms with Gasteiger partial charge in [-0.3, -0.25) is 4.72 Å². The fourth-order valence-electron chi connectivity index (χ4n) is 1.39. The zero-order valence-corrected chi connectivity index (χ0v) is 14.3. The molecule has 0 aliphatic carbocycles. The highest BCUT2D eigenvalue weighted by molar-refractivity contribution is 9.10. The normalized spacial score (nSPS) is 11.6. The zero-order valence-electron chi connectivity index (χ0n) is 9.58. The second kappa shape index (κ2) is 5.61. The fraction of sp³-hybridized carbons (Fsp3) is 0.0909. The number of aryl methyl sites for hydroxylation is 1. The Morgan fingerprint density at radius 2 is 1.95 bits per heavy atom. The third kappa shape index (κ3) is 3.25. The van der Waals surface area contributed by atoms with Crippen LogP contribution >= 0.6 is 50.5 Å². The van der Waals surface area contributed by atoms with Gasteiger partial charge in [0, 0.05) is 9.50 Å². The molecule has 0 unspecified atom stereocenters. The standard InChI is InChI=1S/C11H8BrCl2NO2S2/c1-6-4-9(14)10(5-8(6)13)15-19(16,17)11-7(12)2-3-18-11/h2-5,15H,1H3. The molecule has 0 bridgehead atoms. The van der Waals surface area contributed by atoms with Crippen molar-refractivity contribution >= 4 is 66.2 Å². The Morgan fingerprint density at radius 1 is 1.26 bits per heavy atom. The van der Waals surface area contributed by atoms with Crippen LogP contribution in [-0.2, 0) is 10.0 Å². The summed E-state index contributed by atoms with van der Waals surface area (Å²) in [6.45, 7) is 1.79. The van der Waals surface area contributed by atoms with Gasteiger partial charge < -0.3 is 0 Å². The second-order valence-corrected chi connectivity index (χ2v) is 8.21.